The Hall–Kier alpha value is -2.68. The third kappa shape index (κ3) is 3.87. The summed E-state index contributed by atoms with van der Waals surface area (Å²) in [6.07, 6.45) is 0. The predicted octanol–water partition coefficient (Wildman–Crippen LogP) is 2.82. The van der Waals surface area contributed by atoms with Crippen molar-refractivity contribution in [3.8, 4) is 11.8 Å². The second kappa shape index (κ2) is 7.93. The molecule has 1 atom stereocenters. The van der Waals surface area contributed by atoms with Crippen molar-refractivity contribution in [1.29, 1.82) is 5.26 Å². The van der Waals surface area contributed by atoms with Crippen LogP contribution in [0.1, 0.15) is 27.5 Å². The third-order valence-corrected chi connectivity index (χ3v) is 4.39. The van der Waals surface area contributed by atoms with Crippen molar-refractivity contribution in [2.45, 2.75) is 6.04 Å². The molecule has 1 aliphatic heterocycles. The molecule has 0 saturated carbocycles. The van der Waals surface area contributed by atoms with Gasteiger partial charge in [0.15, 0.2) is 5.78 Å². The Morgan fingerprint density at radius 2 is 1.76 bits per heavy atom. The Balaban J connectivity index is 1.93. The Morgan fingerprint density at radius 1 is 1.12 bits per heavy atom. The second-order valence-electron chi connectivity index (χ2n) is 5.88. The number of benzene rings is 2. The standard InChI is InChI=1S/C20H20N2O3/c1-24-18-8-6-16(7-9-18)19(22-10-12-25-13-11-22)20(23)17-4-2-15(14-21)3-5-17/h2-9,19H,10-13H2,1H3. The van der Waals surface area contributed by atoms with Gasteiger partial charge in [0.25, 0.3) is 0 Å². The number of methoxy groups -OCH3 is 1. The van der Waals surface area contributed by atoms with Gasteiger partial charge < -0.3 is 9.47 Å². The lowest BCUT2D eigenvalue weighted by molar-refractivity contribution is 0.0172. The average Bonchev–Trinajstić information content (AvgIpc) is 2.69. The molecular formula is C20H20N2O3. The lowest BCUT2D eigenvalue weighted by Crippen LogP contribution is -2.42. The molecule has 1 unspecified atom stereocenters. The molecule has 5 heteroatoms. The van der Waals surface area contributed by atoms with E-state index in [1.165, 1.54) is 0 Å². The van der Waals surface area contributed by atoms with Crippen molar-refractivity contribution in [3.05, 3.63) is 65.2 Å². The summed E-state index contributed by atoms with van der Waals surface area (Å²) in [7, 11) is 1.62. The third-order valence-electron chi connectivity index (χ3n) is 4.39. The van der Waals surface area contributed by atoms with Crippen LogP contribution in [0.4, 0.5) is 0 Å². The molecule has 5 nitrogen and oxygen atoms in total. The molecule has 0 N–H and O–H groups in total. The Morgan fingerprint density at radius 3 is 2.32 bits per heavy atom. The van der Waals surface area contributed by atoms with E-state index in [2.05, 4.69) is 11.0 Å². The fraction of sp³-hybridized carbons (Fsp3) is 0.300. The number of nitrogens with zero attached hydrogens (tertiary/aromatic N) is 2. The van der Waals surface area contributed by atoms with Gasteiger partial charge in [-0.15, -0.1) is 0 Å². The minimum absolute atomic E-state index is 0.0246. The zero-order valence-electron chi connectivity index (χ0n) is 14.1. The van der Waals surface area contributed by atoms with Gasteiger partial charge >= 0.3 is 0 Å². The first-order chi connectivity index (χ1) is 12.2. The van der Waals surface area contributed by atoms with E-state index in [1.54, 1.807) is 31.4 Å². The molecule has 0 spiro atoms. The first-order valence-corrected chi connectivity index (χ1v) is 8.23. The first-order valence-electron chi connectivity index (χ1n) is 8.23. The highest BCUT2D eigenvalue weighted by molar-refractivity contribution is 6.00. The van der Waals surface area contributed by atoms with E-state index in [4.69, 9.17) is 14.7 Å². The summed E-state index contributed by atoms with van der Waals surface area (Å²) in [4.78, 5) is 15.3. The molecule has 0 radical (unpaired) electrons. The van der Waals surface area contributed by atoms with Crippen LogP contribution < -0.4 is 4.74 Å². The Kier molecular flexibility index (Phi) is 5.44. The number of nitriles is 1. The van der Waals surface area contributed by atoms with Crippen molar-refractivity contribution in [2.75, 3.05) is 33.4 Å². The van der Waals surface area contributed by atoms with Gasteiger partial charge in [-0.1, -0.05) is 24.3 Å². The van der Waals surface area contributed by atoms with E-state index >= 15 is 0 Å². The van der Waals surface area contributed by atoms with Crippen molar-refractivity contribution in [3.63, 3.8) is 0 Å². The summed E-state index contributed by atoms with van der Waals surface area (Å²) in [5.41, 5.74) is 2.08. The SMILES string of the molecule is COc1ccc(C(C(=O)c2ccc(C#N)cc2)N2CCOCC2)cc1. The van der Waals surface area contributed by atoms with Gasteiger partial charge in [-0.25, -0.2) is 0 Å². The highest BCUT2D eigenvalue weighted by Gasteiger charge is 2.29. The second-order valence-corrected chi connectivity index (χ2v) is 5.88. The van der Waals surface area contributed by atoms with Crippen LogP contribution in [-0.2, 0) is 4.74 Å². The molecule has 1 heterocycles. The quantitative estimate of drug-likeness (QED) is 0.786. The molecule has 0 amide bonds. The van der Waals surface area contributed by atoms with E-state index in [0.29, 0.717) is 37.4 Å². The lowest BCUT2D eigenvalue weighted by atomic mass is 9.95. The number of morpholine rings is 1. The van der Waals surface area contributed by atoms with Gasteiger partial charge in [-0.2, -0.15) is 5.26 Å². The van der Waals surface area contributed by atoms with Gasteiger partial charge in [-0.05, 0) is 29.8 Å². The monoisotopic (exact) mass is 336 g/mol. The summed E-state index contributed by atoms with van der Waals surface area (Å²) in [5.74, 6) is 0.784. The van der Waals surface area contributed by atoms with E-state index in [9.17, 15) is 4.79 Å². The number of carbonyl (C=O) groups excluding carboxylic acids is 1. The molecule has 25 heavy (non-hydrogen) atoms. The molecule has 1 saturated heterocycles. The van der Waals surface area contributed by atoms with Gasteiger partial charge in [0, 0.05) is 18.7 Å². The largest absolute Gasteiger partial charge is 0.497 e. The Bertz CT molecular complexity index is 757. The fourth-order valence-electron chi connectivity index (χ4n) is 3.02. The van der Waals surface area contributed by atoms with Crippen LogP contribution in [0.5, 0.6) is 5.75 Å². The normalized spacial score (nSPS) is 16.0. The fourth-order valence-corrected chi connectivity index (χ4v) is 3.02. The van der Waals surface area contributed by atoms with Crippen LogP contribution >= 0.6 is 0 Å². The van der Waals surface area contributed by atoms with E-state index in [-0.39, 0.29) is 11.8 Å². The van der Waals surface area contributed by atoms with Crippen molar-refractivity contribution >= 4 is 5.78 Å². The smallest absolute Gasteiger partial charge is 0.184 e. The molecule has 1 fully saturated rings. The average molecular weight is 336 g/mol. The Labute approximate surface area is 147 Å². The number of ketones is 1. The molecule has 0 aromatic heterocycles. The van der Waals surface area contributed by atoms with Crippen molar-refractivity contribution in [1.82, 2.24) is 4.90 Å². The molecule has 2 aromatic rings. The molecule has 0 aliphatic carbocycles. The van der Waals surface area contributed by atoms with Gasteiger partial charge in [-0.3, -0.25) is 9.69 Å². The molecule has 128 valence electrons. The zero-order chi connectivity index (χ0) is 17.6. The minimum Gasteiger partial charge on any atom is -0.497 e. The number of rotatable bonds is 5. The van der Waals surface area contributed by atoms with Crippen LogP contribution in [0.15, 0.2) is 48.5 Å². The summed E-state index contributed by atoms with van der Waals surface area (Å²) >= 11 is 0. The number of hydrogen-bond donors (Lipinski definition) is 0. The summed E-state index contributed by atoms with van der Waals surface area (Å²) in [5, 5.41) is 8.94. The van der Waals surface area contributed by atoms with Gasteiger partial charge in [0.05, 0.1) is 38.0 Å². The van der Waals surface area contributed by atoms with Gasteiger partial charge in [0.1, 0.15) is 5.75 Å². The number of Topliss-reactive ketones (excluding diaryl/α,β-unsaturated/α-hetero) is 1. The summed E-state index contributed by atoms with van der Waals surface area (Å²) in [6, 6.07) is 16.1. The van der Waals surface area contributed by atoms with Crippen LogP contribution in [0, 0.1) is 11.3 Å². The number of ether oxygens (including phenoxy) is 2. The molecule has 2 aromatic carbocycles. The maximum atomic E-state index is 13.2. The minimum atomic E-state index is -0.372. The summed E-state index contributed by atoms with van der Waals surface area (Å²) in [6.45, 7) is 2.65. The highest BCUT2D eigenvalue weighted by Crippen LogP contribution is 2.28. The van der Waals surface area contributed by atoms with Crippen LogP contribution in [0.25, 0.3) is 0 Å². The number of carbonyl (C=O) groups is 1. The topological polar surface area (TPSA) is 62.6 Å². The van der Waals surface area contributed by atoms with Gasteiger partial charge in [0.2, 0.25) is 0 Å². The molecule has 3 rings (SSSR count). The highest BCUT2D eigenvalue weighted by atomic mass is 16.5. The first kappa shape index (κ1) is 17.2. The van der Waals surface area contributed by atoms with Crippen LogP contribution in [-0.4, -0.2) is 44.1 Å². The number of hydrogen-bond acceptors (Lipinski definition) is 5. The van der Waals surface area contributed by atoms with E-state index in [0.717, 1.165) is 11.3 Å². The van der Waals surface area contributed by atoms with E-state index < -0.39 is 0 Å². The molecule has 0 bridgehead atoms. The maximum absolute atomic E-state index is 13.2. The molecule has 1 aliphatic rings. The maximum Gasteiger partial charge on any atom is 0.184 e. The predicted molar refractivity (Wildman–Crippen MR) is 93.6 cm³/mol. The molecular weight excluding hydrogens is 316 g/mol. The van der Waals surface area contributed by atoms with E-state index in [1.807, 2.05) is 24.3 Å². The zero-order valence-corrected chi connectivity index (χ0v) is 14.1. The van der Waals surface area contributed by atoms with Crippen LogP contribution in [0.2, 0.25) is 0 Å². The lowest BCUT2D eigenvalue weighted by Gasteiger charge is -2.34. The summed E-state index contributed by atoms with van der Waals surface area (Å²) < 4.78 is 10.6. The van der Waals surface area contributed by atoms with Crippen molar-refractivity contribution in [2.24, 2.45) is 0 Å². The van der Waals surface area contributed by atoms with Crippen LogP contribution in [0.3, 0.4) is 0 Å². The van der Waals surface area contributed by atoms with Crippen molar-refractivity contribution < 1.29 is 14.3 Å².